The SMILES string of the molecule is CCCCCCCCCCCCCCCCCCOC[C@H](COP(=O)(O)C(=O)O)OC.Cc1cn([C@H]2C[C@H](N=[N+]=[N-])[C@@H](CO)O2)c(=O)[nH]c1=O. The number of methoxy groups -OCH3 is 1. The first kappa shape index (κ1) is 45.5. The third-order valence-corrected chi connectivity index (χ3v) is 9.48. The second-order valence-electron chi connectivity index (χ2n) is 12.6. The van der Waals surface area contributed by atoms with E-state index < -0.39 is 49.0 Å². The number of aromatic nitrogens is 2. The Morgan fingerprint density at radius 3 is 2.06 bits per heavy atom. The summed E-state index contributed by atoms with van der Waals surface area (Å²) in [6, 6.07) is -0.542. The van der Waals surface area contributed by atoms with Crippen LogP contribution in [0, 0.1) is 6.92 Å². The number of unbranched alkanes of at least 4 members (excludes halogenated alkanes) is 15. The molecule has 1 unspecified atom stereocenters. The molecule has 0 saturated carbocycles. The molecule has 4 N–H and O–H groups in total. The molecular formula is C33H60N5O11P. The number of azide groups is 1. The normalized spacial score (nSPS) is 18.9. The van der Waals surface area contributed by atoms with Crippen LogP contribution in [0.15, 0.2) is 20.9 Å². The molecule has 2 rings (SSSR count). The Morgan fingerprint density at radius 2 is 1.58 bits per heavy atom. The van der Waals surface area contributed by atoms with Crippen LogP contribution >= 0.6 is 7.60 Å². The molecule has 0 aliphatic carbocycles. The summed E-state index contributed by atoms with van der Waals surface area (Å²) >= 11 is 0. The Labute approximate surface area is 295 Å². The Morgan fingerprint density at radius 1 is 1.04 bits per heavy atom. The van der Waals surface area contributed by atoms with Crippen molar-refractivity contribution in [2.75, 3.05) is 33.5 Å². The van der Waals surface area contributed by atoms with Gasteiger partial charge in [-0.05, 0) is 18.9 Å². The fourth-order valence-corrected chi connectivity index (χ4v) is 5.91. The van der Waals surface area contributed by atoms with E-state index in [1.54, 1.807) is 6.92 Å². The summed E-state index contributed by atoms with van der Waals surface area (Å²) in [5, 5.41) is 21.2. The highest BCUT2D eigenvalue weighted by molar-refractivity contribution is 7.70. The molecule has 1 aliphatic heterocycles. The van der Waals surface area contributed by atoms with Crippen LogP contribution in [0.5, 0.6) is 0 Å². The fourth-order valence-electron chi connectivity index (χ4n) is 5.43. The van der Waals surface area contributed by atoms with Crippen molar-refractivity contribution < 1.29 is 43.2 Å². The molecule has 1 aromatic heterocycles. The van der Waals surface area contributed by atoms with Crippen LogP contribution in [-0.4, -0.2) is 82.2 Å². The number of aromatic amines is 1. The minimum absolute atomic E-state index is 0.203. The van der Waals surface area contributed by atoms with Gasteiger partial charge < -0.3 is 29.3 Å². The maximum absolute atomic E-state index is 11.7. The van der Waals surface area contributed by atoms with E-state index in [1.807, 2.05) is 0 Å². The average Bonchev–Trinajstić information content (AvgIpc) is 3.50. The highest BCUT2D eigenvalue weighted by Gasteiger charge is 2.36. The lowest BCUT2D eigenvalue weighted by molar-refractivity contribution is -0.0271. The molecule has 50 heavy (non-hydrogen) atoms. The van der Waals surface area contributed by atoms with E-state index in [9.17, 15) is 18.9 Å². The van der Waals surface area contributed by atoms with Gasteiger partial charge in [-0.1, -0.05) is 108 Å². The summed E-state index contributed by atoms with van der Waals surface area (Å²) in [6.07, 6.45) is 20.9. The number of rotatable bonds is 27. The van der Waals surface area contributed by atoms with Gasteiger partial charge in [0.1, 0.15) is 12.3 Å². The van der Waals surface area contributed by atoms with Crippen molar-refractivity contribution in [1.29, 1.82) is 0 Å². The zero-order valence-corrected chi connectivity index (χ0v) is 31.0. The molecule has 0 amide bonds. The molecular weight excluding hydrogens is 673 g/mol. The van der Waals surface area contributed by atoms with E-state index in [0.29, 0.717) is 12.2 Å². The van der Waals surface area contributed by atoms with Gasteiger partial charge in [0, 0.05) is 36.8 Å². The van der Waals surface area contributed by atoms with Crippen LogP contribution in [0.25, 0.3) is 10.4 Å². The number of ether oxygens (including phenoxy) is 3. The minimum Gasteiger partial charge on any atom is -0.472 e. The average molecular weight is 734 g/mol. The van der Waals surface area contributed by atoms with Crippen molar-refractivity contribution in [2.45, 2.75) is 147 Å². The number of nitrogens with one attached hydrogen (secondary N) is 1. The van der Waals surface area contributed by atoms with Crippen molar-refractivity contribution in [3.05, 3.63) is 43.0 Å². The van der Waals surface area contributed by atoms with E-state index in [4.69, 9.17) is 34.8 Å². The highest BCUT2D eigenvalue weighted by atomic mass is 31.2. The fraction of sp³-hybridized carbons (Fsp3) is 0.848. The van der Waals surface area contributed by atoms with Crippen molar-refractivity contribution in [2.24, 2.45) is 5.11 Å². The Bertz CT molecular complexity index is 1290. The number of aliphatic hydroxyl groups excluding tert-OH is 1. The largest absolute Gasteiger partial charge is 0.472 e. The first-order valence-corrected chi connectivity index (χ1v) is 19.5. The number of hydrogen-bond donors (Lipinski definition) is 4. The lowest BCUT2D eigenvalue weighted by atomic mass is 10.0. The summed E-state index contributed by atoms with van der Waals surface area (Å²) in [7, 11) is -3.20. The van der Waals surface area contributed by atoms with Gasteiger partial charge in [0.25, 0.3) is 5.56 Å². The molecule has 0 aromatic carbocycles. The number of H-pyrrole nitrogens is 1. The van der Waals surface area contributed by atoms with Crippen LogP contribution in [0.3, 0.4) is 0 Å². The number of carbonyl (C=O) groups is 1. The molecule has 5 atom stereocenters. The van der Waals surface area contributed by atoms with Gasteiger partial charge in [-0.2, -0.15) is 0 Å². The summed E-state index contributed by atoms with van der Waals surface area (Å²) in [5.74, 6) is 0. The van der Waals surface area contributed by atoms with Gasteiger partial charge in [-0.25, -0.2) is 14.2 Å². The van der Waals surface area contributed by atoms with Crippen molar-refractivity contribution in [3.8, 4) is 0 Å². The third-order valence-electron chi connectivity index (χ3n) is 8.50. The molecule has 1 saturated heterocycles. The zero-order chi connectivity index (χ0) is 37.2. The van der Waals surface area contributed by atoms with Crippen LogP contribution < -0.4 is 11.2 Å². The lowest BCUT2D eigenvalue weighted by Gasteiger charge is -2.16. The van der Waals surface area contributed by atoms with Crippen LogP contribution in [0.1, 0.15) is 128 Å². The second kappa shape index (κ2) is 27.1. The smallest absolute Gasteiger partial charge is 0.435 e. The molecule has 1 aromatic rings. The van der Waals surface area contributed by atoms with E-state index in [-0.39, 0.29) is 26.2 Å². The molecule has 0 radical (unpaired) electrons. The van der Waals surface area contributed by atoms with Crippen molar-refractivity contribution in [3.63, 3.8) is 0 Å². The number of aliphatic hydroxyl groups is 1. The maximum atomic E-state index is 11.7. The third kappa shape index (κ3) is 19.2. The summed E-state index contributed by atoms with van der Waals surface area (Å²) < 4.78 is 33.0. The number of nitrogens with zero attached hydrogens (tertiary/aromatic N) is 4. The summed E-state index contributed by atoms with van der Waals surface area (Å²) in [5.41, 5.74) is 5.89. The molecule has 1 fully saturated rings. The topological polar surface area (TPSA) is 235 Å². The van der Waals surface area contributed by atoms with Crippen LogP contribution in [0.4, 0.5) is 4.79 Å². The predicted octanol–water partition coefficient (Wildman–Crippen LogP) is 6.96. The zero-order valence-electron chi connectivity index (χ0n) is 30.1. The van der Waals surface area contributed by atoms with Crippen LogP contribution in [-0.2, 0) is 23.3 Å². The van der Waals surface area contributed by atoms with E-state index in [2.05, 4.69) is 26.5 Å². The van der Waals surface area contributed by atoms with Crippen molar-refractivity contribution in [1.82, 2.24) is 9.55 Å². The van der Waals surface area contributed by atoms with Gasteiger partial charge in [-0.3, -0.25) is 18.9 Å². The summed E-state index contributed by atoms with van der Waals surface area (Å²) in [4.78, 5) is 47.5. The van der Waals surface area contributed by atoms with Gasteiger partial charge in [0.15, 0.2) is 0 Å². The number of hydrogen-bond acceptors (Lipinski definition) is 10. The Balaban J connectivity index is 0.000000556. The first-order valence-electron chi connectivity index (χ1n) is 17.9. The highest BCUT2D eigenvalue weighted by Crippen LogP contribution is 2.42. The minimum atomic E-state index is -4.63. The van der Waals surface area contributed by atoms with Crippen LogP contribution in [0.2, 0.25) is 0 Å². The van der Waals surface area contributed by atoms with Gasteiger partial charge in [0.05, 0.1) is 32.0 Å². The molecule has 1 aliphatic rings. The van der Waals surface area contributed by atoms with E-state index in [1.165, 1.54) is 108 Å². The lowest BCUT2D eigenvalue weighted by Crippen LogP contribution is -2.33. The second-order valence-corrected chi connectivity index (χ2v) is 14.3. The molecule has 288 valence electrons. The molecule has 17 heteroatoms. The van der Waals surface area contributed by atoms with E-state index in [0.717, 1.165) is 12.8 Å². The summed E-state index contributed by atoms with van der Waals surface area (Å²) in [6.45, 7) is 4.02. The number of carboxylic acid groups (broad SMARTS) is 1. The van der Waals surface area contributed by atoms with Crippen molar-refractivity contribution >= 4 is 13.3 Å². The number of aryl methyl sites for hydroxylation is 1. The standard InChI is InChI=1S/C23H47O7P.C10H13N5O4/c1-3-4-5-6-7-8-9-10-11-12-13-14-15-16-17-18-19-29-20-22(28-2)21-30-31(26,27)23(24)25;1-5-3-15(10(18)12-9(5)17)8-2-6(13-14-11)7(4-16)19-8/h22H,3-21H2,1-2H3,(H,24,25)(H,26,27);3,6-8,16H,2,4H2,1H3,(H,12,17,18)/t22-;6-,7+,8+/m10/s1. The van der Waals surface area contributed by atoms with Gasteiger partial charge >= 0.3 is 19.0 Å². The Kier molecular flexibility index (Phi) is 24.7. The maximum Gasteiger partial charge on any atom is 0.435 e. The predicted molar refractivity (Wildman–Crippen MR) is 190 cm³/mol. The quantitative estimate of drug-likeness (QED) is 0.0237. The molecule has 16 nitrogen and oxygen atoms in total. The molecule has 0 spiro atoms. The first-order chi connectivity index (χ1) is 24.0. The molecule has 2 heterocycles. The monoisotopic (exact) mass is 733 g/mol. The van der Waals surface area contributed by atoms with Gasteiger partial charge in [-0.15, -0.1) is 0 Å². The van der Waals surface area contributed by atoms with E-state index >= 15 is 0 Å². The van der Waals surface area contributed by atoms with Gasteiger partial charge in [0.2, 0.25) is 0 Å². The molecule has 0 bridgehead atoms. The Hall–Kier alpha value is -2.55.